The molecule has 1 amide bonds. The Morgan fingerprint density at radius 2 is 2.13 bits per heavy atom. The van der Waals surface area contributed by atoms with Gasteiger partial charge in [0.25, 0.3) is 5.91 Å². The number of carbonyl (C=O) groups excluding carboxylic acids is 1. The van der Waals surface area contributed by atoms with Crippen LogP contribution >= 0.6 is 11.3 Å². The minimum absolute atomic E-state index is 0.136. The molecule has 0 saturated carbocycles. The van der Waals surface area contributed by atoms with Crippen LogP contribution in [0.4, 0.5) is 0 Å². The molecule has 0 radical (unpaired) electrons. The van der Waals surface area contributed by atoms with Gasteiger partial charge in [-0.25, -0.2) is 4.99 Å². The fourth-order valence-corrected chi connectivity index (χ4v) is 2.37. The van der Waals surface area contributed by atoms with Crippen molar-refractivity contribution in [2.24, 2.45) is 4.99 Å². The molecule has 0 saturated heterocycles. The van der Waals surface area contributed by atoms with Crippen molar-refractivity contribution in [2.75, 3.05) is 0 Å². The smallest absolute Gasteiger partial charge is 0.267 e. The summed E-state index contributed by atoms with van der Waals surface area (Å²) in [6, 6.07) is 9.93. The average molecular weight is 213 g/mol. The summed E-state index contributed by atoms with van der Waals surface area (Å²) in [6.07, 6.45) is 1.62. The monoisotopic (exact) mass is 213 g/mol. The molecular formula is C12H7NOS. The molecule has 1 aromatic heterocycles. The number of hydrogen-bond donors (Lipinski definition) is 0. The van der Waals surface area contributed by atoms with Gasteiger partial charge < -0.3 is 0 Å². The Balaban J connectivity index is 2.15. The zero-order valence-corrected chi connectivity index (χ0v) is 8.62. The highest BCUT2D eigenvalue weighted by Gasteiger charge is 2.15. The van der Waals surface area contributed by atoms with E-state index in [2.05, 4.69) is 4.99 Å². The summed E-state index contributed by atoms with van der Waals surface area (Å²) >= 11 is 1.67. The molecule has 2 heterocycles. The Hall–Kier alpha value is -1.74. The molecule has 3 rings (SSSR count). The number of benzene rings is 1. The lowest BCUT2D eigenvalue weighted by Crippen LogP contribution is -1.91. The topological polar surface area (TPSA) is 29.4 Å². The normalized spacial score (nSPS) is 13.2. The van der Waals surface area contributed by atoms with Gasteiger partial charge in [-0.15, -0.1) is 11.3 Å². The summed E-state index contributed by atoms with van der Waals surface area (Å²) in [5, 5.41) is 2.03. The maximum atomic E-state index is 11.4. The molecule has 0 spiro atoms. The van der Waals surface area contributed by atoms with Crippen LogP contribution in [0.1, 0.15) is 15.9 Å². The van der Waals surface area contributed by atoms with Crippen molar-refractivity contribution >= 4 is 23.5 Å². The van der Waals surface area contributed by atoms with Crippen molar-refractivity contribution in [1.29, 1.82) is 0 Å². The van der Waals surface area contributed by atoms with Gasteiger partial charge in [0.15, 0.2) is 0 Å². The molecule has 1 aliphatic rings. The van der Waals surface area contributed by atoms with Gasteiger partial charge >= 0.3 is 0 Å². The SMILES string of the molecule is O=C1N=Cc2ccc(-c3cccs3)cc21. The van der Waals surface area contributed by atoms with Gasteiger partial charge in [0.2, 0.25) is 0 Å². The van der Waals surface area contributed by atoms with Gasteiger partial charge in [0.1, 0.15) is 0 Å². The average Bonchev–Trinajstić information content (AvgIpc) is 2.88. The molecule has 0 atom stereocenters. The second kappa shape index (κ2) is 3.14. The lowest BCUT2D eigenvalue weighted by atomic mass is 10.1. The number of rotatable bonds is 1. The fraction of sp³-hybridized carbons (Fsp3) is 0. The van der Waals surface area contributed by atoms with Crippen LogP contribution in [-0.2, 0) is 0 Å². The summed E-state index contributed by atoms with van der Waals surface area (Å²) in [6.45, 7) is 0. The third-order valence-electron chi connectivity index (χ3n) is 2.41. The molecule has 15 heavy (non-hydrogen) atoms. The number of carbonyl (C=O) groups is 1. The third kappa shape index (κ3) is 1.32. The first-order valence-electron chi connectivity index (χ1n) is 4.61. The molecule has 0 N–H and O–H groups in total. The molecule has 2 aromatic rings. The Morgan fingerprint density at radius 3 is 2.93 bits per heavy atom. The van der Waals surface area contributed by atoms with Crippen LogP contribution in [0.2, 0.25) is 0 Å². The maximum absolute atomic E-state index is 11.4. The Labute approximate surface area is 90.9 Å². The quantitative estimate of drug-likeness (QED) is 0.716. The number of hydrogen-bond acceptors (Lipinski definition) is 2. The Morgan fingerprint density at radius 1 is 1.20 bits per heavy atom. The molecule has 1 aliphatic heterocycles. The standard InChI is InChI=1S/C12H7NOS/c14-12-10-6-8(11-2-1-5-15-11)3-4-9(10)7-13-12/h1-7H. The maximum Gasteiger partial charge on any atom is 0.277 e. The highest BCUT2D eigenvalue weighted by molar-refractivity contribution is 7.13. The first-order chi connectivity index (χ1) is 7.34. The van der Waals surface area contributed by atoms with E-state index in [0.29, 0.717) is 5.56 Å². The van der Waals surface area contributed by atoms with Crippen molar-refractivity contribution in [2.45, 2.75) is 0 Å². The number of amides is 1. The first-order valence-corrected chi connectivity index (χ1v) is 5.49. The van der Waals surface area contributed by atoms with Gasteiger partial charge in [-0.1, -0.05) is 18.2 Å². The van der Waals surface area contributed by atoms with Crippen LogP contribution in [0.15, 0.2) is 40.7 Å². The van der Waals surface area contributed by atoms with E-state index in [9.17, 15) is 4.79 Å². The number of nitrogens with zero attached hydrogens (tertiary/aromatic N) is 1. The van der Waals surface area contributed by atoms with Gasteiger partial charge in [-0.05, 0) is 23.1 Å². The summed E-state index contributed by atoms with van der Waals surface area (Å²) in [5.74, 6) is -0.136. The molecule has 1 aromatic carbocycles. The van der Waals surface area contributed by atoms with Crippen LogP contribution in [0.25, 0.3) is 10.4 Å². The summed E-state index contributed by atoms with van der Waals surface area (Å²) in [5.41, 5.74) is 2.71. The zero-order valence-electron chi connectivity index (χ0n) is 7.81. The fourth-order valence-electron chi connectivity index (χ4n) is 1.65. The highest BCUT2D eigenvalue weighted by atomic mass is 32.1. The van der Waals surface area contributed by atoms with E-state index < -0.39 is 0 Å². The molecule has 72 valence electrons. The van der Waals surface area contributed by atoms with E-state index in [1.54, 1.807) is 17.6 Å². The highest BCUT2D eigenvalue weighted by Crippen LogP contribution is 2.27. The summed E-state index contributed by atoms with van der Waals surface area (Å²) in [7, 11) is 0. The zero-order chi connectivity index (χ0) is 10.3. The van der Waals surface area contributed by atoms with Crippen molar-refractivity contribution in [3.05, 3.63) is 46.8 Å². The van der Waals surface area contributed by atoms with Gasteiger partial charge in [-0.2, -0.15) is 0 Å². The lowest BCUT2D eigenvalue weighted by Gasteiger charge is -2.00. The molecule has 0 unspecified atom stereocenters. The first kappa shape index (κ1) is 8.56. The molecule has 0 aliphatic carbocycles. The van der Waals surface area contributed by atoms with Crippen LogP contribution in [0.5, 0.6) is 0 Å². The lowest BCUT2D eigenvalue weighted by molar-refractivity contribution is 0.101. The van der Waals surface area contributed by atoms with Crippen molar-refractivity contribution in [3.63, 3.8) is 0 Å². The second-order valence-corrected chi connectivity index (χ2v) is 4.29. The predicted molar refractivity (Wildman–Crippen MR) is 61.7 cm³/mol. The molecule has 0 bridgehead atoms. The van der Waals surface area contributed by atoms with Crippen molar-refractivity contribution in [3.8, 4) is 10.4 Å². The predicted octanol–water partition coefficient (Wildman–Crippen LogP) is 2.99. The van der Waals surface area contributed by atoms with E-state index in [1.807, 2.05) is 35.7 Å². The number of fused-ring (bicyclic) bond motifs is 1. The second-order valence-electron chi connectivity index (χ2n) is 3.34. The Bertz CT molecular complexity index is 555. The number of aliphatic imine (C=N–C) groups is 1. The van der Waals surface area contributed by atoms with E-state index in [0.717, 1.165) is 11.1 Å². The van der Waals surface area contributed by atoms with Crippen molar-refractivity contribution < 1.29 is 4.79 Å². The summed E-state index contributed by atoms with van der Waals surface area (Å²) < 4.78 is 0. The van der Waals surface area contributed by atoms with E-state index in [1.165, 1.54) is 4.88 Å². The van der Waals surface area contributed by atoms with Gasteiger partial charge in [-0.3, -0.25) is 4.79 Å². The van der Waals surface area contributed by atoms with E-state index in [-0.39, 0.29) is 5.91 Å². The van der Waals surface area contributed by atoms with Gasteiger partial charge in [0.05, 0.1) is 5.56 Å². The molecular weight excluding hydrogens is 206 g/mol. The molecule has 0 fully saturated rings. The van der Waals surface area contributed by atoms with Gasteiger partial charge in [0, 0.05) is 16.7 Å². The third-order valence-corrected chi connectivity index (χ3v) is 3.33. The minimum Gasteiger partial charge on any atom is -0.267 e. The number of thiophene rings is 1. The Kier molecular flexibility index (Phi) is 1.79. The van der Waals surface area contributed by atoms with Crippen molar-refractivity contribution in [1.82, 2.24) is 0 Å². The summed E-state index contributed by atoms with van der Waals surface area (Å²) in [4.78, 5) is 16.3. The van der Waals surface area contributed by atoms with Crippen LogP contribution in [-0.4, -0.2) is 12.1 Å². The van der Waals surface area contributed by atoms with Crippen LogP contribution < -0.4 is 0 Å². The largest absolute Gasteiger partial charge is 0.277 e. The molecule has 2 nitrogen and oxygen atoms in total. The van der Waals surface area contributed by atoms with E-state index in [4.69, 9.17) is 0 Å². The minimum atomic E-state index is -0.136. The molecule has 3 heteroatoms. The van der Waals surface area contributed by atoms with E-state index >= 15 is 0 Å². The van der Waals surface area contributed by atoms with Crippen LogP contribution in [0.3, 0.4) is 0 Å². The van der Waals surface area contributed by atoms with Crippen LogP contribution in [0, 0.1) is 0 Å².